The number of rotatable bonds is 3. The van der Waals surface area contributed by atoms with Crippen LogP contribution in [-0.2, 0) is 4.79 Å². The maximum absolute atomic E-state index is 10.9. The number of amides is 1. The van der Waals surface area contributed by atoms with Gasteiger partial charge in [0.2, 0.25) is 5.91 Å². The van der Waals surface area contributed by atoms with Crippen molar-refractivity contribution in [3.63, 3.8) is 0 Å². The first-order valence-corrected chi connectivity index (χ1v) is 4.12. The molecule has 58 valence electrons. The monoisotopic (exact) mass is 141 g/mol. The van der Waals surface area contributed by atoms with Crippen LogP contribution < -0.4 is 5.32 Å². The lowest BCUT2D eigenvalue weighted by Crippen LogP contribution is -2.39. The van der Waals surface area contributed by atoms with Crippen LogP contribution in [0.5, 0.6) is 0 Å². The van der Waals surface area contributed by atoms with Gasteiger partial charge in [-0.3, -0.25) is 4.79 Å². The highest BCUT2D eigenvalue weighted by molar-refractivity contribution is 5.76. The minimum Gasteiger partial charge on any atom is -0.353 e. The fourth-order valence-corrected chi connectivity index (χ4v) is 1.08. The largest absolute Gasteiger partial charge is 0.353 e. The van der Waals surface area contributed by atoms with Crippen LogP contribution in [0.3, 0.4) is 0 Å². The summed E-state index contributed by atoms with van der Waals surface area (Å²) in [4.78, 5) is 10.9. The minimum atomic E-state index is 0.229. The Morgan fingerprint density at radius 3 is 2.70 bits per heavy atom. The normalized spacial score (nSPS) is 18.1. The molecule has 0 heterocycles. The molecule has 0 spiro atoms. The zero-order valence-corrected chi connectivity index (χ0v) is 6.52. The number of hydrogen-bond donors (Lipinski definition) is 1. The molecule has 1 saturated carbocycles. The van der Waals surface area contributed by atoms with Gasteiger partial charge in [0, 0.05) is 12.5 Å². The fourth-order valence-electron chi connectivity index (χ4n) is 1.08. The van der Waals surface area contributed by atoms with Gasteiger partial charge < -0.3 is 5.32 Å². The van der Waals surface area contributed by atoms with Crippen molar-refractivity contribution >= 4 is 5.91 Å². The van der Waals surface area contributed by atoms with Gasteiger partial charge in [-0.15, -0.1) is 0 Å². The second-order valence-electron chi connectivity index (χ2n) is 2.95. The van der Waals surface area contributed by atoms with E-state index >= 15 is 0 Å². The van der Waals surface area contributed by atoms with E-state index in [0.29, 0.717) is 12.5 Å². The molecular weight excluding hydrogens is 126 g/mol. The summed E-state index contributed by atoms with van der Waals surface area (Å²) in [5, 5.41) is 2.98. The van der Waals surface area contributed by atoms with Crippen molar-refractivity contribution in [1.82, 2.24) is 5.32 Å². The van der Waals surface area contributed by atoms with E-state index in [-0.39, 0.29) is 5.91 Å². The Balaban J connectivity index is 2.05. The Kier molecular flexibility index (Phi) is 2.72. The highest BCUT2D eigenvalue weighted by Gasteiger charge is 2.18. The van der Waals surface area contributed by atoms with E-state index in [0.717, 1.165) is 6.42 Å². The summed E-state index contributed by atoms with van der Waals surface area (Å²) < 4.78 is 0. The van der Waals surface area contributed by atoms with Crippen LogP contribution >= 0.6 is 0 Å². The van der Waals surface area contributed by atoms with Crippen LogP contribution in [0.25, 0.3) is 0 Å². The predicted octanol–water partition coefficient (Wildman–Crippen LogP) is 1.46. The van der Waals surface area contributed by atoms with Gasteiger partial charge in [-0.05, 0) is 25.7 Å². The summed E-state index contributed by atoms with van der Waals surface area (Å²) in [6, 6.07) is 0.513. The van der Waals surface area contributed by atoms with Gasteiger partial charge in [-0.25, -0.2) is 0 Å². The van der Waals surface area contributed by atoms with Crippen LogP contribution in [0.15, 0.2) is 0 Å². The Labute approximate surface area is 62.0 Å². The first-order valence-electron chi connectivity index (χ1n) is 4.12. The molecule has 1 amide bonds. The number of carbonyl (C=O) groups excluding carboxylic acids is 1. The van der Waals surface area contributed by atoms with Crippen molar-refractivity contribution in [3.05, 3.63) is 0 Å². The Morgan fingerprint density at radius 2 is 2.30 bits per heavy atom. The highest BCUT2D eigenvalue weighted by Crippen LogP contribution is 2.17. The van der Waals surface area contributed by atoms with E-state index in [9.17, 15) is 4.79 Å². The van der Waals surface area contributed by atoms with E-state index in [1.165, 1.54) is 19.3 Å². The molecule has 10 heavy (non-hydrogen) atoms. The van der Waals surface area contributed by atoms with Crippen molar-refractivity contribution in [3.8, 4) is 0 Å². The molecule has 0 bridgehead atoms. The molecule has 0 unspecified atom stereocenters. The smallest absolute Gasteiger partial charge is 0.220 e. The highest BCUT2D eigenvalue weighted by atomic mass is 16.1. The van der Waals surface area contributed by atoms with Gasteiger partial charge in [-0.2, -0.15) is 0 Å². The standard InChI is InChI=1S/C8H15NO/c1-2-4-8(10)9-7-5-3-6-7/h7H,2-6H2,1H3,(H,9,10). The average Bonchev–Trinajstić information content (AvgIpc) is 1.80. The third-order valence-electron chi connectivity index (χ3n) is 1.95. The van der Waals surface area contributed by atoms with Gasteiger partial charge in [0.05, 0.1) is 0 Å². The maximum atomic E-state index is 10.9. The first-order chi connectivity index (χ1) is 4.83. The van der Waals surface area contributed by atoms with Crippen LogP contribution in [0.4, 0.5) is 0 Å². The quantitative estimate of drug-likeness (QED) is 0.633. The van der Waals surface area contributed by atoms with E-state index in [4.69, 9.17) is 0 Å². The molecule has 2 heteroatoms. The van der Waals surface area contributed by atoms with E-state index in [2.05, 4.69) is 5.32 Å². The van der Waals surface area contributed by atoms with Gasteiger partial charge in [0.25, 0.3) is 0 Å². The molecule has 0 aliphatic heterocycles. The maximum Gasteiger partial charge on any atom is 0.220 e. The van der Waals surface area contributed by atoms with Gasteiger partial charge in [0.15, 0.2) is 0 Å². The molecule has 0 aromatic heterocycles. The van der Waals surface area contributed by atoms with Crippen LogP contribution in [0.1, 0.15) is 39.0 Å². The molecule has 0 radical (unpaired) electrons. The van der Waals surface area contributed by atoms with Crippen molar-refractivity contribution in [2.75, 3.05) is 0 Å². The second kappa shape index (κ2) is 3.59. The molecule has 0 atom stereocenters. The molecule has 2 nitrogen and oxygen atoms in total. The number of hydrogen-bond acceptors (Lipinski definition) is 1. The lowest BCUT2D eigenvalue weighted by molar-refractivity contribution is -0.122. The topological polar surface area (TPSA) is 29.1 Å². The van der Waals surface area contributed by atoms with Gasteiger partial charge >= 0.3 is 0 Å². The lowest BCUT2D eigenvalue weighted by atomic mass is 9.93. The van der Waals surface area contributed by atoms with Crippen LogP contribution in [0.2, 0.25) is 0 Å². The van der Waals surface area contributed by atoms with Crippen LogP contribution in [0, 0.1) is 0 Å². The number of carbonyl (C=O) groups is 1. The van der Waals surface area contributed by atoms with Crippen molar-refractivity contribution in [2.24, 2.45) is 0 Å². The lowest BCUT2D eigenvalue weighted by Gasteiger charge is -2.26. The van der Waals surface area contributed by atoms with Crippen molar-refractivity contribution in [2.45, 2.75) is 45.1 Å². The molecule has 1 aliphatic carbocycles. The summed E-state index contributed by atoms with van der Waals surface area (Å²) in [7, 11) is 0. The van der Waals surface area contributed by atoms with E-state index < -0.39 is 0 Å². The Hall–Kier alpha value is -0.530. The van der Waals surface area contributed by atoms with E-state index in [1.54, 1.807) is 0 Å². The van der Waals surface area contributed by atoms with Crippen LogP contribution in [-0.4, -0.2) is 11.9 Å². The van der Waals surface area contributed by atoms with Gasteiger partial charge in [0.1, 0.15) is 0 Å². The summed E-state index contributed by atoms with van der Waals surface area (Å²) in [5.74, 6) is 0.229. The summed E-state index contributed by atoms with van der Waals surface area (Å²) >= 11 is 0. The summed E-state index contributed by atoms with van der Waals surface area (Å²) in [6.45, 7) is 2.03. The van der Waals surface area contributed by atoms with Crippen molar-refractivity contribution in [1.29, 1.82) is 0 Å². The molecule has 0 aromatic carbocycles. The Morgan fingerprint density at radius 1 is 1.60 bits per heavy atom. The Bertz CT molecular complexity index is 118. The molecular formula is C8H15NO. The summed E-state index contributed by atoms with van der Waals surface area (Å²) in [6.07, 6.45) is 5.32. The molecule has 1 rings (SSSR count). The molecule has 1 N–H and O–H groups in total. The molecule has 0 aromatic rings. The molecule has 1 fully saturated rings. The minimum absolute atomic E-state index is 0.229. The zero-order chi connectivity index (χ0) is 7.40. The second-order valence-corrected chi connectivity index (χ2v) is 2.95. The SMILES string of the molecule is CCCC(=O)NC1CCC1. The zero-order valence-electron chi connectivity index (χ0n) is 6.52. The molecule has 0 saturated heterocycles. The molecule has 1 aliphatic rings. The first kappa shape index (κ1) is 7.58. The van der Waals surface area contributed by atoms with Crippen molar-refractivity contribution < 1.29 is 4.79 Å². The fraction of sp³-hybridized carbons (Fsp3) is 0.875. The predicted molar refractivity (Wildman–Crippen MR) is 40.7 cm³/mol. The third-order valence-corrected chi connectivity index (χ3v) is 1.95. The number of nitrogens with one attached hydrogen (secondary N) is 1. The third kappa shape index (κ3) is 2.01. The van der Waals surface area contributed by atoms with Gasteiger partial charge in [-0.1, -0.05) is 6.92 Å². The average molecular weight is 141 g/mol. The summed E-state index contributed by atoms with van der Waals surface area (Å²) in [5.41, 5.74) is 0. The van der Waals surface area contributed by atoms with E-state index in [1.807, 2.05) is 6.92 Å².